The molecular formula is C13H23N3O. The lowest BCUT2D eigenvalue weighted by Crippen LogP contribution is -2.11. The fourth-order valence-corrected chi connectivity index (χ4v) is 1.72. The number of aryl methyl sites for hydroxylation is 1. The second-order valence-electron chi connectivity index (χ2n) is 3.97. The van der Waals surface area contributed by atoms with E-state index in [-0.39, 0.29) is 0 Å². The Labute approximate surface area is 104 Å². The van der Waals surface area contributed by atoms with E-state index in [9.17, 15) is 0 Å². The molecule has 0 amide bonds. The largest absolute Gasteiger partial charge is 0.374 e. The highest BCUT2D eigenvalue weighted by Crippen LogP contribution is 2.17. The molecule has 0 aliphatic rings. The van der Waals surface area contributed by atoms with Gasteiger partial charge in [-0.15, -0.1) is 0 Å². The Bertz CT molecular complexity index is 353. The molecule has 0 bridgehead atoms. The van der Waals surface area contributed by atoms with Gasteiger partial charge in [0.15, 0.2) is 5.82 Å². The number of anilines is 1. The average molecular weight is 237 g/mol. The van der Waals surface area contributed by atoms with Crippen LogP contribution < -0.4 is 5.32 Å². The molecule has 0 spiro atoms. The first kappa shape index (κ1) is 13.9. The molecule has 17 heavy (non-hydrogen) atoms. The molecule has 0 unspecified atom stereocenters. The smallest absolute Gasteiger partial charge is 0.156 e. The van der Waals surface area contributed by atoms with Crippen LogP contribution in [0.2, 0.25) is 0 Å². The minimum atomic E-state index is 0.488. The summed E-state index contributed by atoms with van der Waals surface area (Å²) in [6, 6.07) is 0. The monoisotopic (exact) mass is 237 g/mol. The van der Waals surface area contributed by atoms with Crippen LogP contribution in [-0.4, -0.2) is 23.1 Å². The summed E-state index contributed by atoms with van der Waals surface area (Å²) in [6.45, 7) is 10.4. The van der Waals surface area contributed by atoms with Gasteiger partial charge in [0, 0.05) is 24.4 Å². The first-order valence-electron chi connectivity index (χ1n) is 6.40. The molecule has 0 radical (unpaired) electrons. The summed E-state index contributed by atoms with van der Waals surface area (Å²) in [5.74, 6) is 1.73. The number of aromatic nitrogens is 2. The van der Waals surface area contributed by atoms with E-state index in [4.69, 9.17) is 4.74 Å². The van der Waals surface area contributed by atoms with Gasteiger partial charge in [0.2, 0.25) is 0 Å². The van der Waals surface area contributed by atoms with E-state index in [2.05, 4.69) is 29.1 Å². The number of rotatable bonds is 7. The summed E-state index contributed by atoms with van der Waals surface area (Å²) in [5.41, 5.74) is 2.26. The highest BCUT2D eigenvalue weighted by Gasteiger charge is 2.09. The molecule has 1 aromatic rings. The van der Waals surface area contributed by atoms with Crippen LogP contribution in [0.25, 0.3) is 0 Å². The summed E-state index contributed by atoms with van der Waals surface area (Å²) >= 11 is 0. The molecule has 96 valence electrons. The number of nitrogens with one attached hydrogen (secondary N) is 1. The first-order valence-corrected chi connectivity index (χ1v) is 6.40. The highest BCUT2D eigenvalue weighted by atomic mass is 16.5. The topological polar surface area (TPSA) is 47.0 Å². The number of hydrogen-bond donors (Lipinski definition) is 1. The first-order chi connectivity index (χ1) is 8.22. The fraction of sp³-hybridized carbons (Fsp3) is 0.692. The standard InChI is InChI=1S/C13H23N3O/c1-5-8-14-13-11(6-2)10(4)15-12(16-13)9-17-7-3/h5-9H2,1-4H3,(H,14,15,16). The zero-order valence-electron chi connectivity index (χ0n) is 11.3. The van der Waals surface area contributed by atoms with Gasteiger partial charge in [-0.2, -0.15) is 0 Å². The maximum absolute atomic E-state index is 5.35. The van der Waals surface area contributed by atoms with Crippen molar-refractivity contribution in [3.05, 3.63) is 17.1 Å². The molecular weight excluding hydrogens is 214 g/mol. The molecule has 1 rings (SSSR count). The Morgan fingerprint density at radius 2 is 1.94 bits per heavy atom. The maximum atomic E-state index is 5.35. The zero-order chi connectivity index (χ0) is 12.7. The summed E-state index contributed by atoms with van der Waals surface area (Å²) in [7, 11) is 0. The molecule has 0 fully saturated rings. The van der Waals surface area contributed by atoms with Crippen molar-refractivity contribution in [1.29, 1.82) is 0 Å². The van der Waals surface area contributed by atoms with Crippen molar-refractivity contribution in [2.75, 3.05) is 18.5 Å². The van der Waals surface area contributed by atoms with Crippen molar-refractivity contribution >= 4 is 5.82 Å². The van der Waals surface area contributed by atoms with Crippen LogP contribution in [0.3, 0.4) is 0 Å². The van der Waals surface area contributed by atoms with Crippen molar-refractivity contribution in [3.63, 3.8) is 0 Å². The predicted molar refractivity (Wildman–Crippen MR) is 70.3 cm³/mol. The van der Waals surface area contributed by atoms with Crippen molar-refractivity contribution in [1.82, 2.24) is 9.97 Å². The van der Waals surface area contributed by atoms with Crippen molar-refractivity contribution in [3.8, 4) is 0 Å². The minimum absolute atomic E-state index is 0.488. The lowest BCUT2D eigenvalue weighted by Gasteiger charge is -2.13. The zero-order valence-corrected chi connectivity index (χ0v) is 11.3. The number of hydrogen-bond acceptors (Lipinski definition) is 4. The van der Waals surface area contributed by atoms with Crippen LogP contribution in [0.15, 0.2) is 0 Å². The summed E-state index contributed by atoms with van der Waals surface area (Å²) in [6.07, 6.45) is 2.04. The quantitative estimate of drug-likeness (QED) is 0.792. The Morgan fingerprint density at radius 1 is 1.18 bits per heavy atom. The molecule has 4 heteroatoms. The van der Waals surface area contributed by atoms with Crippen LogP contribution >= 0.6 is 0 Å². The highest BCUT2D eigenvalue weighted by molar-refractivity contribution is 5.46. The van der Waals surface area contributed by atoms with Crippen molar-refractivity contribution in [2.24, 2.45) is 0 Å². The Kier molecular flexibility index (Phi) is 5.91. The SMILES string of the molecule is CCCNc1nc(COCC)nc(C)c1CC. The molecule has 0 saturated carbocycles. The van der Waals surface area contributed by atoms with Crippen LogP contribution in [-0.2, 0) is 17.8 Å². The predicted octanol–water partition coefficient (Wildman–Crippen LogP) is 2.71. The normalized spacial score (nSPS) is 10.6. The van der Waals surface area contributed by atoms with Gasteiger partial charge < -0.3 is 10.1 Å². The minimum Gasteiger partial charge on any atom is -0.374 e. The van der Waals surface area contributed by atoms with E-state index in [1.807, 2.05) is 13.8 Å². The van der Waals surface area contributed by atoms with Gasteiger partial charge in [-0.1, -0.05) is 13.8 Å². The second kappa shape index (κ2) is 7.22. The molecule has 0 saturated heterocycles. The second-order valence-corrected chi connectivity index (χ2v) is 3.97. The van der Waals surface area contributed by atoms with E-state index in [0.717, 1.165) is 36.7 Å². The Hall–Kier alpha value is -1.16. The third kappa shape index (κ3) is 3.97. The Morgan fingerprint density at radius 3 is 2.53 bits per heavy atom. The molecule has 0 atom stereocenters. The third-order valence-electron chi connectivity index (χ3n) is 2.59. The molecule has 1 heterocycles. The van der Waals surface area contributed by atoms with Gasteiger partial charge in [0.1, 0.15) is 12.4 Å². The molecule has 0 aromatic carbocycles. The number of nitrogens with zero attached hydrogens (tertiary/aromatic N) is 2. The van der Waals surface area contributed by atoms with Gasteiger partial charge in [0.25, 0.3) is 0 Å². The van der Waals surface area contributed by atoms with Crippen molar-refractivity contribution in [2.45, 2.75) is 47.1 Å². The third-order valence-corrected chi connectivity index (χ3v) is 2.59. The maximum Gasteiger partial charge on any atom is 0.156 e. The molecule has 1 aromatic heterocycles. The van der Waals surface area contributed by atoms with E-state index >= 15 is 0 Å². The molecule has 1 N–H and O–H groups in total. The number of ether oxygens (including phenoxy) is 1. The summed E-state index contributed by atoms with van der Waals surface area (Å²) in [5, 5.41) is 3.36. The van der Waals surface area contributed by atoms with E-state index < -0.39 is 0 Å². The van der Waals surface area contributed by atoms with Crippen LogP contribution in [0.1, 0.15) is 44.3 Å². The lowest BCUT2D eigenvalue weighted by molar-refractivity contribution is 0.128. The van der Waals surface area contributed by atoms with E-state index in [0.29, 0.717) is 13.2 Å². The molecule has 0 aliphatic heterocycles. The van der Waals surface area contributed by atoms with E-state index in [1.54, 1.807) is 0 Å². The van der Waals surface area contributed by atoms with Gasteiger partial charge in [-0.05, 0) is 26.7 Å². The van der Waals surface area contributed by atoms with E-state index in [1.165, 1.54) is 5.56 Å². The van der Waals surface area contributed by atoms with Gasteiger partial charge >= 0.3 is 0 Å². The summed E-state index contributed by atoms with van der Waals surface area (Å²) < 4.78 is 5.35. The van der Waals surface area contributed by atoms with Gasteiger partial charge in [0.05, 0.1) is 0 Å². The van der Waals surface area contributed by atoms with Crippen LogP contribution in [0, 0.1) is 6.92 Å². The Balaban J connectivity index is 2.92. The van der Waals surface area contributed by atoms with Crippen LogP contribution in [0.5, 0.6) is 0 Å². The average Bonchev–Trinajstić information content (AvgIpc) is 2.33. The summed E-state index contributed by atoms with van der Waals surface area (Å²) in [4.78, 5) is 9.01. The van der Waals surface area contributed by atoms with Gasteiger partial charge in [-0.25, -0.2) is 9.97 Å². The molecule has 0 aliphatic carbocycles. The van der Waals surface area contributed by atoms with Gasteiger partial charge in [-0.3, -0.25) is 0 Å². The fourth-order valence-electron chi connectivity index (χ4n) is 1.72. The van der Waals surface area contributed by atoms with Crippen LogP contribution in [0.4, 0.5) is 5.82 Å². The molecule has 4 nitrogen and oxygen atoms in total. The lowest BCUT2D eigenvalue weighted by atomic mass is 10.1. The van der Waals surface area contributed by atoms with Crippen molar-refractivity contribution < 1.29 is 4.74 Å².